The van der Waals surface area contributed by atoms with E-state index in [4.69, 9.17) is 0 Å². The quantitative estimate of drug-likeness (QED) is 0.123. The molecule has 0 amide bonds. The molecule has 2 nitrogen and oxygen atoms in total. The number of carbonyl (C=O) groups excluding carboxylic acids is 2. The monoisotopic (exact) mass is 374 g/mol. The van der Waals surface area contributed by atoms with E-state index in [1.807, 2.05) is 0 Å². The Morgan fingerprint density at radius 1 is 0.417 bits per heavy atom. The number of hydrogen-bond acceptors (Lipinski definition) is 4. The minimum absolute atomic E-state index is 0.745. The number of aldehydes is 2. The third-order valence-corrected chi connectivity index (χ3v) is 6.76. The average molecular weight is 375 g/mol. The van der Waals surface area contributed by atoms with E-state index in [1.54, 1.807) is 0 Å². The van der Waals surface area contributed by atoms with Crippen molar-refractivity contribution in [3.05, 3.63) is 0 Å². The maximum Gasteiger partial charge on any atom is 0.119 e. The SMILES string of the molecule is O=CCCCCCCCCCSSCCCCCCCCCC=O. The molecule has 0 saturated carbocycles. The average Bonchev–Trinajstić information content (AvgIpc) is 2.60. The molecule has 0 radical (unpaired) electrons. The van der Waals surface area contributed by atoms with Gasteiger partial charge in [0, 0.05) is 24.3 Å². The van der Waals surface area contributed by atoms with Crippen molar-refractivity contribution in [2.45, 2.75) is 103 Å². The second-order valence-corrected chi connectivity index (χ2v) is 9.21. The Balaban J connectivity index is 2.95. The molecule has 0 aliphatic rings. The highest BCUT2D eigenvalue weighted by Crippen LogP contribution is 2.24. The first-order valence-electron chi connectivity index (χ1n) is 10.0. The number of hydrogen-bond donors (Lipinski definition) is 0. The molecule has 24 heavy (non-hydrogen) atoms. The molecule has 0 N–H and O–H groups in total. The van der Waals surface area contributed by atoms with Gasteiger partial charge < -0.3 is 9.59 Å². The standard InChI is InChI=1S/C20H38O2S2/c21-17-13-9-5-1-3-7-11-15-19-23-24-20-16-12-8-4-2-6-10-14-18-22/h17-18H,1-16,19-20H2. The van der Waals surface area contributed by atoms with Crippen LogP contribution in [-0.4, -0.2) is 24.1 Å². The summed E-state index contributed by atoms with van der Waals surface area (Å²) >= 11 is 0. The van der Waals surface area contributed by atoms with Gasteiger partial charge in [-0.3, -0.25) is 0 Å². The van der Waals surface area contributed by atoms with E-state index in [0.717, 1.165) is 38.3 Å². The van der Waals surface area contributed by atoms with Crippen molar-refractivity contribution >= 4 is 34.2 Å². The first kappa shape index (κ1) is 24.0. The molecular weight excluding hydrogens is 336 g/mol. The molecule has 0 rings (SSSR count). The van der Waals surface area contributed by atoms with Crippen molar-refractivity contribution in [1.82, 2.24) is 0 Å². The molecule has 0 heterocycles. The van der Waals surface area contributed by atoms with Crippen molar-refractivity contribution in [1.29, 1.82) is 0 Å². The van der Waals surface area contributed by atoms with Crippen LogP contribution in [0.4, 0.5) is 0 Å². The highest BCUT2D eigenvalue weighted by atomic mass is 33.1. The number of carbonyl (C=O) groups is 2. The molecule has 4 heteroatoms. The zero-order valence-corrected chi connectivity index (χ0v) is 17.1. The second kappa shape index (κ2) is 23.0. The maximum atomic E-state index is 10.2. The zero-order valence-electron chi connectivity index (χ0n) is 15.5. The summed E-state index contributed by atoms with van der Waals surface area (Å²) in [5.41, 5.74) is 0. The lowest BCUT2D eigenvalue weighted by molar-refractivity contribution is -0.108. The molecule has 0 aromatic carbocycles. The second-order valence-electron chi connectivity index (χ2n) is 6.50. The first-order chi connectivity index (χ1) is 11.9. The van der Waals surface area contributed by atoms with Gasteiger partial charge in [-0.15, -0.1) is 0 Å². The van der Waals surface area contributed by atoms with Crippen LogP contribution in [0.1, 0.15) is 103 Å². The van der Waals surface area contributed by atoms with Crippen LogP contribution in [0.25, 0.3) is 0 Å². The predicted molar refractivity (Wildman–Crippen MR) is 111 cm³/mol. The summed E-state index contributed by atoms with van der Waals surface area (Å²) in [5, 5.41) is 0. The normalized spacial score (nSPS) is 10.8. The Morgan fingerprint density at radius 2 is 0.708 bits per heavy atom. The van der Waals surface area contributed by atoms with Gasteiger partial charge in [-0.25, -0.2) is 0 Å². The van der Waals surface area contributed by atoms with E-state index >= 15 is 0 Å². The molecule has 0 aromatic heterocycles. The van der Waals surface area contributed by atoms with Crippen LogP contribution in [0.2, 0.25) is 0 Å². The minimum atomic E-state index is 0.745. The van der Waals surface area contributed by atoms with Crippen LogP contribution >= 0.6 is 21.6 Å². The summed E-state index contributed by atoms with van der Waals surface area (Å²) in [4.78, 5) is 20.4. The van der Waals surface area contributed by atoms with Crippen molar-refractivity contribution < 1.29 is 9.59 Å². The summed E-state index contributed by atoms with van der Waals surface area (Å²) in [6, 6.07) is 0. The molecule has 0 spiro atoms. The van der Waals surface area contributed by atoms with E-state index in [-0.39, 0.29) is 0 Å². The third-order valence-electron chi connectivity index (χ3n) is 4.18. The van der Waals surface area contributed by atoms with Crippen LogP contribution in [0.15, 0.2) is 0 Å². The lowest BCUT2D eigenvalue weighted by atomic mass is 10.1. The van der Waals surface area contributed by atoms with E-state index in [2.05, 4.69) is 21.6 Å². The molecule has 142 valence electrons. The zero-order chi connectivity index (χ0) is 17.6. The van der Waals surface area contributed by atoms with E-state index in [1.165, 1.54) is 88.6 Å². The molecule has 0 saturated heterocycles. The van der Waals surface area contributed by atoms with Gasteiger partial charge in [0.15, 0.2) is 0 Å². The fourth-order valence-corrected chi connectivity index (χ4v) is 4.96. The smallest absolute Gasteiger partial charge is 0.119 e. The molecule has 0 unspecified atom stereocenters. The van der Waals surface area contributed by atoms with Gasteiger partial charge in [0.25, 0.3) is 0 Å². The molecule has 0 atom stereocenters. The van der Waals surface area contributed by atoms with Crippen LogP contribution < -0.4 is 0 Å². The topological polar surface area (TPSA) is 34.1 Å². The van der Waals surface area contributed by atoms with Gasteiger partial charge in [0.2, 0.25) is 0 Å². The van der Waals surface area contributed by atoms with Gasteiger partial charge in [-0.2, -0.15) is 0 Å². The van der Waals surface area contributed by atoms with Crippen LogP contribution in [0.5, 0.6) is 0 Å². The van der Waals surface area contributed by atoms with E-state index < -0.39 is 0 Å². The summed E-state index contributed by atoms with van der Waals surface area (Å²) in [7, 11) is 4.10. The summed E-state index contributed by atoms with van der Waals surface area (Å²) in [5.74, 6) is 2.60. The molecule has 0 bridgehead atoms. The Bertz CT molecular complexity index is 234. The van der Waals surface area contributed by atoms with Crippen LogP contribution in [0.3, 0.4) is 0 Å². The van der Waals surface area contributed by atoms with Gasteiger partial charge in [-0.1, -0.05) is 85.8 Å². The lowest BCUT2D eigenvalue weighted by Crippen LogP contribution is -1.84. The van der Waals surface area contributed by atoms with Gasteiger partial charge in [0.05, 0.1) is 0 Å². The molecular formula is C20H38O2S2. The predicted octanol–water partition coefficient (Wildman–Crippen LogP) is 7.01. The maximum absolute atomic E-state index is 10.2. The largest absolute Gasteiger partial charge is 0.303 e. The molecule has 0 aromatic rings. The first-order valence-corrected chi connectivity index (χ1v) is 12.5. The Morgan fingerprint density at radius 3 is 1.04 bits per heavy atom. The fraction of sp³-hybridized carbons (Fsp3) is 0.900. The fourth-order valence-electron chi connectivity index (χ4n) is 2.66. The highest BCUT2D eigenvalue weighted by Gasteiger charge is 1.95. The number of unbranched alkanes of at least 4 members (excludes halogenated alkanes) is 14. The Labute approximate surface area is 158 Å². The summed E-state index contributed by atoms with van der Waals surface area (Å²) in [6.45, 7) is 0. The van der Waals surface area contributed by atoms with Gasteiger partial charge in [-0.05, 0) is 25.7 Å². The highest BCUT2D eigenvalue weighted by molar-refractivity contribution is 8.76. The van der Waals surface area contributed by atoms with E-state index in [0.29, 0.717) is 0 Å². The lowest BCUT2D eigenvalue weighted by Gasteiger charge is -2.03. The number of rotatable bonds is 21. The van der Waals surface area contributed by atoms with Gasteiger partial charge >= 0.3 is 0 Å². The third kappa shape index (κ3) is 22.0. The molecule has 0 aliphatic heterocycles. The Kier molecular flexibility index (Phi) is 23.1. The summed E-state index contributed by atoms with van der Waals surface area (Å²) in [6.07, 6.45) is 21.6. The van der Waals surface area contributed by atoms with Crippen molar-refractivity contribution in [3.63, 3.8) is 0 Å². The molecule has 0 aliphatic carbocycles. The minimum Gasteiger partial charge on any atom is -0.303 e. The molecule has 0 fully saturated rings. The van der Waals surface area contributed by atoms with Crippen LogP contribution in [0, 0.1) is 0 Å². The Hall–Kier alpha value is 0.0400. The van der Waals surface area contributed by atoms with Gasteiger partial charge in [0.1, 0.15) is 12.6 Å². The van der Waals surface area contributed by atoms with Crippen molar-refractivity contribution in [2.75, 3.05) is 11.5 Å². The van der Waals surface area contributed by atoms with Crippen LogP contribution in [-0.2, 0) is 9.59 Å². The van der Waals surface area contributed by atoms with E-state index in [9.17, 15) is 9.59 Å². The van der Waals surface area contributed by atoms with Crippen molar-refractivity contribution in [2.24, 2.45) is 0 Å². The summed E-state index contributed by atoms with van der Waals surface area (Å²) < 4.78 is 0. The van der Waals surface area contributed by atoms with Crippen molar-refractivity contribution in [3.8, 4) is 0 Å².